The second kappa shape index (κ2) is 54.2. The SMILES string of the molecule is CC/C=C/C=C/C=C/CCCCCCCC(=O)OCC(COC(=O)CCCCCCCCCCCCCCCCCCC)OC(=O)CCCCCCCCCCCCCCCCCCC. The van der Waals surface area contributed by atoms with Gasteiger partial charge in [-0.3, -0.25) is 14.4 Å². The summed E-state index contributed by atoms with van der Waals surface area (Å²) in [6, 6.07) is 0. The number of rotatable bonds is 52. The van der Waals surface area contributed by atoms with Crippen LogP contribution in [0.3, 0.4) is 0 Å². The van der Waals surface area contributed by atoms with Crippen molar-refractivity contribution in [1.82, 2.24) is 0 Å². The summed E-state index contributed by atoms with van der Waals surface area (Å²) in [5.41, 5.74) is 0. The monoisotopic (exact) mass is 913 g/mol. The van der Waals surface area contributed by atoms with Crippen LogP contribution in [0, 0.1) is 0 Å². The molecule has 0 bridgehead atoms. The summed E-state index contributed by atoms with van der Waals surface area (Å²) in [6.45, 7) is 6.54. The molecule has 0 aromatic rings. The van der Waals surface area contributed by atoms with Crippen molar-refractivity contribution in [3.8, 4) is 0 Å². The van der Waals surface area contributed by atoms with Gasteiger partial charge in [0.1, 0.15) is 13.2 Å². The van der Waals surface area contributed by atoms with Crippen LogP contribution in [0.4, 0.5) is 0 Å². The summed E-state index contributed by atoms with van der Waals surface area (Å²) in [4.78, 5) is 38.1. The average Bonchev–Trinajstić information content (AvgIpc) is 3.30. The normalized spacial score (nSPS) is 12.2. The molecule has 0 heterocycles. The van der Waals surface area contributed by atoms with Crippen molar-refractivity contribution in [3.63, 3.8) is 0 Å². The molecule has 0 aliphatic carbocycles. The topological polar surface area (TPSA) is 78.9 Å². The summed E-state index contributed by atoms with van der Waals surface area (Å²) < 4.78 is 16.9. The van der Waals surface area contributed by atoms with E-state index in [-0.39, 0.29) is 31.1 Å². The zero-order chi connectivity index (χ0) is 47.2. The van der Waals surface area contributed by atoms with Crippen LogP contribution in [0.2, 0.25) is 0 Å². The minimum absolute atomic E-state index is 0.0739. The molecule has 1 unspecified atom stereocenters. The number of ether oxygens (including phenoxy) is 3. The maximum absolute atomic E-state index is 12.8. The summed E-state index contributed by atoms with van der Waals surface area (Å²) in [5, 5.41) is 0. The molecule has 1 atom stereocenters. The Hall–Kier alpha value is -2.37. The molecule has 0 spiro atoms. The molecular formula is C59H108O6. The van der Waals surface area contributed by atoms with Crippen molar-refractivity contribution in [2.24, 2.45) is 0 Å². The molecule has 6 nitrogen and oxygen atoms in total. The standard InChI is InChI=1S/C59H108O6/c1-4-7-10-13-16-19-22-25-27-29-31-34-37-40-43-46-49-52-58(61)64-55-56(54-63-57(60)51-48-45-42-39-36-33-24-21-18-15-12-9-6-3)65-59(62)53-50-47-44-41-38-35-32-30-28-26-23-20-17-14-11-8-5-2/h9,12,15,18,21,24,56H,4-8,10-11,13-14,16-17,19-20,22-23,25-55H2,1-3H3/b12-9+,18-15+,24-21+. The molecule has 0 radical (unpaired) electrons. The Morgan fingerprint density at radius 1 is 0.323 bits per heavy atom. The van der Waals surface area contributed by atoms with Crippen LogP contribution < -0.4 is 0 Å². The van der Waals surface area contributed by atoms with E-state index in [4.69, 9.17) is 14.2 Å². The van der Waals surface area contributed by atoms with E-state index in [1.54, 1.807) is 0 Å². The lowest BCUT2D eigenvalue weighted by Crippen LogP contribution is -2.30. The van der Waals surface area contributed by atoms with Crippen molar-refractivity contribution >= 4 is 17.9 Å². The lowest BCUT2D eigenvalue weighted by molar-refractivity contribution is -0.167. The van der Waals surface area contributed by atoms with E-state index in [2.05, 4.69) is 57.2 Å². The van der Waals surface area contributed by atoms with E-state index in [1.165, 1.54) is 180 Å². The first-order valence-electron chi connectivity index (χ1n) is 28.5. The third-order valence-corrected chi connectivity index (χ3v) is 12.7. The van der Waals surface area contributed by atoms with E-state index in [0.29, 0.717) is 19.3 Å². The zero-order valence-corrected chi connectivity index (χ0v) is 43.5. The third-order valence-electron chi connectivity index (χ3n) is 12.7. The van der Waals surface area contributed by atoms with Gasteiger partial charge < -0.3 is 14.2 Å². The second-order valence-electron chi connectivity index (χ2n) is 19.2. The Balaban J connectivity index is 4.33. The number of hydrogen-bond donors (Lipinski definition) is 0. The zero-order valence-electron chi connectivity index (χ0n) is 43.5. The quantitative estimate of drug-likeness (QED) is 0.0262. The van der Waals surface area contributed by atoms with Crippen LogP contribution in [-0.2, 0) is 28.6 Å². The first-order valence-corrected chi connectivity index (χ1v) is 28.5. The van der Waals surface area contributed by atoms with Gasteiger partial charge in [-0.05, 0) is 38.5 Å². The molecule has 0 fully saturated rings. The maximum Gasteiger partial charge on any atom is 0.306 e. The van der Waals surface area contributed by atoms with Crippen molar-refractivity contribution in [3.05, 3.63) is 36.5 Å². The van der Waals surface area contributed by atoms with Gasteiger partial charge in [0.2, 0.25) is 0 Å². The molecular weight excluding hydrogens is 805 g/mol. The van der Waals surface area contributed by atoms with Crippen molar-refractivity contribution in [1.29, 1.82) is 0 Å². The molecule has 0 aliphatic rings. The summed E-state index contributed by atoms with van der Waals surface area (Å²) in [7, 11) is 0. The van der Waals surface area contributed by atoms with Gasteiger partial charge in [-0.15, -0.1) is 0 Å². The second-order valence-corrected chi connectivity index (χ2v) is 19.2. The molecule has 0 saturated heterocycles. The predicted octanol–water partition coefficient (Wildman–Crippen LogP) is 18.9. The van der Waals surface area contributed by atoms with Gasteiger partial charge in [-0.2, -0.15) is 0 Å². The van der Waals surface area contributed by atoms with Crippen LogP contribution in [0.25, 0.3) is 0 Å². The Bertz CT molecular complexity index is 1090. The molecule has 0 aliphatic heterocycles. The summed E-state index contributed by atoms with van der Waals surface area (Å²) in [6.07, 6.45) is 64.2. The molecule has 0 saturated carbocycles. The van der Waals surface area contributed by atoms with Crippen molar-refractivity contribution in [2.45, 2.75) is 309 Å². The van der Waals surface area contributed by atoms with Crippen LogP contribution in [0.1, 0.15) is 303 Å². The molecule has 0 N–H and O–H groups in total. The van der Waals surface area contributed by atoms with Crippen molar-refractivity contribution in [2.75, 3.05) is 13.2 Å². The van der Waals surface area contributed by atoms with E-state index in [9.17, 15) is 14.4 Å². The smallest absolute Gasteiger partial charge is 0.306 e. The first kappa shape index (κ1) is 62.6. The Morgan fingerprint density at radius 2 is 0.600 bits per heavy atom. The van der Waals surface area contributed by atoms with Crippen LogP contribution in [-0.4, -0.2) is 37.2 Å². The number of allylic oxidation sites excluding steroid dienone is 6. The van der Waals surface area contributed by atoms with Crippen LogP contribution in [0.5, 0.6) is 0 Å². The van der Waals surface area contributed by atoms with Gasteiger partial charge >= 0.3 is 17.9 Å². The molecule has 0 amide bonds. The molecule has 0 aromatic carbocycles. The van der Waals surface area contributed by atoms with Crippen molar-refractivity contribution < 1.29 is 28.6 Å². The molecule has 6 heteroatoms. The Labute approximate surface area is 404 Å². The van der Waals surface area contributed by atoms with Gasteiger partial charge in [0, 0.05) is 19.3 Å². The highest BCUT2D eigenvalue weighted by molar-refractivity contribution is 5.71. The van der Waals surface area contributed by atoms with Gasteiger partial charge in [0.05, 0.1) is 0 Å². The molecule has 0 aromatic heterocycles. The highest BCUT2D eigenvalue weighted by Gasteiger charge is 2.19. The maximum atomic E-state index is 12.8. The molecule has 380 valence electrons. The highest BCUT2D eigenvalue weighted by Crippen LogP contribution is 2.17. The average molecular weight is 914 g/mol. The molecule has 65 heavy (non-hydrogen) atoms. The number of unbranched alkanes of at least 4 members (excludes halogenated alkanes) is 37. The van der Waals surface area contributed by atoms with Gasteiger partial charge in [-0.1, -0.05) is 282 Å². The lowest BCUT2D eigenvalue weighted by Gasteiger charge is -2.18. The largest absolute Gasteiger partial charge is 0.462 e. The van der Waals surface area contributed by atoms with E-state index in [1.807, 2.05) is 0 Å². The number of esters is 3. The lowest BCUT2D eigenvalue weighted by atomic mass is 10.0. The van der Waals surface area contributed by atoms with E-state index in [0.717, 1.165) is 83.5 Å². The first-order chi connectivity index (χ1) is 32.0. The number of carbonyl (C=O) groups is 3. The fourth-order valence-corrected chi connectivity index (χ4v) is 8.45. The summed E-state index contributed by atoms with van der Waals surface area (Å²) >= 11 is 0. The van der Waals surface area contributed by atoms with Gasteiger partial charge in [0.15, 0.2) is 6.10 Å². The van der Waals surface area contributed by atoms with Gasteiger partial charge in [0.25, 0.3) is 0 Å². The Kier molecular flexibility index (Phi) is 52.3. The molecule has 0 rings (SSSR count). The third kappa shape index (κ3) is 52.5. The number of hydrogen-bond acceptors (Lipinski definition) is 6. The fourth-order valence-electron chi connectivity index (χ4n) is 8.45. The minimum atomic E-state index is -0.776. The Morgan fingerprint density at radius 3 is 0.923 bits per heavy atom. The van der Waals surface area contributed by atoms with Crippen LogP contribution >= 0.6 is 0 Å². The van der Waals surface area contributed by atoms with Gasteiger partial charge in [-0.25, -0.2) is 0 Å². The van der Waals surface area contributed by atoms with E-state index >= 15 is 0 Å². The highest BCUT2D eigenvalue weighted by atomic mass is 16.6. The van der Waals surface area contributed by atoms with E-state index < -0.39 is 6.10 Å². The number of carbonyl (C=O) groups excluding carboxylic acids is 3. The predicted molar refractivity (Wildman–Crippen MR) is 279 cm³/mol. The van der Waals surface area contributed by atoms with Crippen LogP contribution in [0.15, 0.2) is 36.5 Å². The minimum Gasteiger partial charge on any atom is -0.462 e. The fraction of sp³-hybridized carbons (Fsp3) is 0.847. The summed E-state index contributed by atoms with van der Waals surface area (Å²) in [5.74, 6) is -0.876.